The summed E-state index contributed by atoms with van der Waals surface area (Å²) in [5.74, 6) is 0.497. The van der Waals surface area contributed by atoms with Crippen molar-refractivity contribution in [2.45, 2.75) is 0 Å². The van der Waals surface area contributed by atoms with Gasteiger partial charge in [-0.2, -0.15) is 4.73 Å². The molecule has 0 amide bonds. The van der Waals surface area contributed by atoms with E-state index < -0.39 is 0 Å². The summed E-state index contributed by atoms with van der Waals surface area (Å²) < 4.78 is 0.821. The van der Waals surface area contributed by atoms with E-state index in [2.05, 4.69) is 20.3 Å². The SMILES string of the molecule is OCCNc1ncnc2c1ncn2O. The molecule has 0 bridgehead atoms. The highest BCUT2D eigenvalue weighted by Crippen LogP contribution is 2.15. The average molecular weight is 195 g/mol. The molecule has 0 radical (unpaired) electrons. The second kappa shape index (κ2) is 3.46. The fourth-order valence-corrected chi connectivity index (χ4v) is 1.13. The maximum atomic E-state index is 9.25. The van der Waals surface area contributed by atoms with E-state index in [0.29, 0.717) is 23.5 Å². The molecule has 2 aromatic heterocycles. The topological polar surface area (TPSA) is 96.1 Å². The minimum atomic E-state index is 0.00529. The molecule has 0 atom stereocenters. The largest absolute Gasteiger partial charge is 0.425 e. The molecule has 7 heteroatoms. The Hall–Kier alpha value is -1.89. The number of imidazole rings is 1. The number of hydrogen-bond acceptors (Lipinski definition) is 6. The van der Waals surface area contributed by atoms with Gasteiger partial charge in [-0.1, -0.05) is 0 Å². The van der Waals surface area contributed by atoms with E-state index in [-0.39, 0.29) is 6.61 Å². The predicted molar refractivity (Wildman–Crippen MR) is 48.1 cm³/mol. The Labute approximate surface area is 79.0 Å². The molecule has 74 valence electrons. The van der Waals surface area contributed by atoms with Crippen LogP contribution >= 0.6 is 0 Å². The van der Waals surface area contributed by atoms with Crippen molar-refractivity contribution in [1.82, 2.24) is 19.7 Å². The molecule has 2 aromatic rings. The Balaban J connectivity index is 2.44. The molecule has 2 rings (SSSR count). The number of aromatic nitrogens is 4. The molecule has 0 spiro atoms. The highest BCUT2D eigenvalue weighted by molar-refractivity contribution is 5.82. The lowest BCUT2D eigenvalue weighted by atomic mass is 10.5. The second-order valence-corrected chi connectivity index (χ2v) is 2.63. The number of aliphatic hydroxyl groups excluding tert-OH is 1. The highest BCUT2D eigenvalue weighted by atomic mass is 16.5. The van der Waals surface area contributed by atoms with Gasteiger partial charge in [0.15, 0.2) is 11.3 Å². The Morgan fingerprint density at radius 2 is 2.21 bits per heavy atom. The van der Waals surface area contributed by atoms with Gasteiger partial charge in [0.1, 0.15) is 12.7 Å². The Morgan fingerprint density at radius 1 is 1.36 bits per heavy atom. The van der Waals surface area contributed by atoms with E-state index in [9.17, 15) is 5.21 Å². The predicted octanol–water partition coefficient (Wildman–Crippen LogP) is -0.532. The average Bonchev–Trinajstić information content (AvgIpc) is 2.58. The number of rotatable bonds is 3. The molecule has 0 saturated carbocycles. The highest BCUT2D eigenvalue weighted by Gasteiger charge is 2.08. The fraction of sp³-hybridized carbons (Fsp3) is 0.286. The van der Waals surface area contributed by atoms with Crippen LogP contribution in [0.3, 0.4) is 0 Å². The van der Waals surface area contributed by atoms with Crippen LogP contribution in [0, 0.1) is 0 Å². The molecule has 3 N–H and O–H groups in total. The first kappa shape index (κ1) is 8.70. The van der Waals surface area contributed by atoms with Crippen LogP contribution in [0.15, 0.2) is 12.7 Å². The minimum absolute atomic E-state index is 0.00529. The van der Waals surface area contributed by atoms with Crippen molar-refractivity contribution in [2.75, 3.05) is 18.5 Å². The first-order valence-corrected chi connectivity index (χ1v) is 4.05. The molecule has 0 aliphatic heterocycles. The summed E-state index contributed by atoms with van der Waals surface area (Å²) >= 11 is 0. The van der Waals surface area contributed by atoms with Crippen molar-refractivity contribution in [3.8, 4) is 0 Å². The Kier molecular flexibility index (Phi) is 2.15. The van der Waals surface area contributed by atoms with Gasteiger partial charge in [-0.25, -0.2) is 15.0 Å². The van der Waals surface area contributed by atoms with Gasteiger partial charge in [0.25, 0.3) is 0 Å². The quantitative estimate of drug-likeness (QED) is 0.569. The molecular formula is C7H9N5O2. The van der Waals surface area contributed by atoms with Crippen molar-refractivity contribution >= 4 is 17.0 Å². The lowest BCUT2D eigenvalue weighted by Gasteiger charge is -2.02. The number of fused-ring (bicyclic) bond motifs is 1. The molecular weight excluding hydrogens is 186 g/mol. The Bertz CT molecular complexity index is 441. The molecule has 7 nitrogen and oxygen atoms in total. The van der Waals surface area contributed by atoms with Crippen LogP contribution in [-0.2, 0) is 0 Å². The minimum Gasteiger partial charge on any atom is -0.425 e. The lowest BCUT2D eigenvalue weighted by molar-refractivity contribution is 0.196. The summed E-state index contributed by atoms with van der Waals surface area (Å²) in [6, 6.07) is 0. The summed E-state index contributed by atoms with van der Waals surface area (Å²) in [7, 11) is 0. The van der Waals surface area contributed by atoms with Crippen LogP contribution in [0.2, 0.25) is 0 Å². The molecule has 0 unspecified atom stereocenters. The maximum absolute atomic E-state index is 9.25. The monoisotopic (exact) mass is 195 g/mol. The third-order valence-corrected chi connectivity index (χ3v) is 1.72. The zero-order chi connectivity index (χ0) is 9.97. The molecule has 14 heavy (non-hydrogen) atoms. The first-order chi connectivity index (χ1) is 6.83. The summed E-state index contributed by atoms with van der Waals surface area (Å²) in [6.07, 6.45) is 2.56. The van der Waals surface area contributed by atoms with Crippen molar-refractivity contribution in [3.05, 3.63) is 12.7 Å². The van der Waals surface area contributed by atoms with Gasteiger partial charge in [-0.15, -0.1) is 0 Å². The number of aliphatic hydroxyl groups is 1. The van der Waals surface area contributed by atoms with Crippen LogP contribution in [-0.4, -0.2) is 43.1 Å². The van der Waals surface area contributed by atoms with Crippen LogP contribution < -0.4 is 5.32 Å². The number of anilines is 1. The summed E-state index contributed by atoms with van der Waals surface area (Å²) in [4.78, 5) is 11.7. The van der Waals surface area contributed by atoms with E-state index in [1.807, 2.05) is 0 Å². The van der Waals surface area contributed by atoms with E-state index in [1.54, 1.807) is 0 Å². The second-order valence-electron chi connectivity index (χ2n) is 2.63. The molecule has 0 aliphatic rings. The lowest BCUT2D eigenvalue weighted by Crippen LogP contribution is -2.07. The molecule has 0 saturated heterocycles. The number of hydrogen-bond donors (Lipinski definition) is 3. The van der Waals surface area contributed by atoms with E-state index in [1.165, 1.54) is 12.7 Å². The Morgan fingerprint density at radius 3 is 3.00 bits per heavy atom. The third-order valence-electron chi connectivity index (χ3n) is 1.72. The van der Waals surface area contributed by atoms with Crippen LogP contribution in [0.1, 0.15) is 0 Å². The van der Waals surface area contributed by atoms with Gasteiger partial charge >= 0.3 is 0 Å². The first-order valence-electron chi connectivity index (χ1n) is 4.05. The third kappa shape index (κ3) is 1.33. The molecule has 0 aromatic carbocycles. The van der Waals surface area contributed by atoms with Crippen molar-refractivity contribution in [3.63, 3.8) is 0 Å². The van der Waals surface area contributed by atoms with Gasteiger partial charge in [-0.05, 0) is 0 Å². The molecule has 0 fully saturated rings. The normalized spacial score (nSPS) is 10.6. The van der Waals surface area contributed by atoms with Crippen LogP contribution in [0.25, 0.3) is 11.2 Å². The zero-order valence-electron chi connectivity index (χ0n) is 7.25. The van der Waals surface area contributed by atoms with Crippen LogP contribution in [0.5, 0.6) is 0 Å². The van der Waals surface area contributed by atoms with E-state index >= 15 is 0 Å². The smallest absolute Gasteiger partial charge is 0.200 e. The standard InChI is InChI=1S/C7H9N5O2/c13-2-1-8-6-5-7(10-3-9-6)12(14)4-11-5/h3-4,13-14H,1-2H2,(H,8,9,10). The van der Waals surface area contributed by atoms with E-state index in [4.69, 9.17) is 5.11 Å². The summed E-state index contributed by atoms with van der Waals surface area (Å²) in [5, 5.41) is 20.7. The van der Waals surface area contributed by atoms with Crippen molar-refractivity contribution < 1.29 is 10.3 Å². The number of nitrogens with one attached hydrogen (secondary N) is 1. The maximum Gasteiger partial charge on any atom is 0.200 e. The van der Waals surface area contributed by atoms with E-state index in [0.717, 1.165) is 4.73 Å². The van der Waals surface area contributed by atoms with Gasteiger partial charge in [0.05, 0.1) is 6.61 Å². The van der Waals surface area contributed by atoms with Crippen molar-refractivity contribution in [2.24, 2.45) is 0 Å². The van der Waals surface area contributed by atoms with Gasteiger partial charge in [0.2, 0.25) is 5.65 Å². The molecule has 0 aliphatic carbocycles. The molecule has 2 heterocycles. The van der Waals surface area contributed by atoms with Gasteiger partial charge in [0, 0.05) is 6.54 Å². The number of nitrogens with zero attached hydrogens (tertiary/aromatic N) is 4. The van der Waals surface area contributed by atoms with Gasteiger partial charge < -0.3 is 15.6 Å². The van der Waals surface area contributed by atoms with Gasteiger partial charge in [-0.3, -0.25) is 0 Å². The fourth-order valence-electron chi connectivity index (χ4n) is 1.13. The van der Waals surface area contributed by atoms with Crippen molar-refractivity contribution in [1.29, 1.82) is 0 Å². The van der Waals surface area contributed by atoms with Crippen LogP contribution in [0.4, 0.5) is 5.82 Å². The summed E-state index contributed by atoms with van der Waals surface area (Å²) in [6.45, 7) is 0.385. The summed E-state index contributed by atoms with van der Waals surface area (Å²) in [5.41, 5.74) is 0.809. The zero-order valence-corrected chi connectivity index (χ0v) is 7.25.